The maximum Gasteiger partial charge on any atom is 0.255 e. The Morgan fingerprint density at radius 2 is 1.95 bits per heavy atom. The van der Waals surface area contributed by atoms with Crippen LogP contribution in [0.4, 0.5) is 5.69 Å². The Bertz CT molecular complexity index is 554. The normalized spacial score (nSPS) is 11.7. The Kier molecular flexibility index (Phi) is 4.13. The number of carbonyl (C=O) groups is 1. The van der Waals surface area contributed by atoms with Gasteiger partial charge in [-0.15, -0.1) is 0 Å². The van der Waals surface area contributed by atoms with Crippen LogP contribution < -0.4 is 10.6 Å². The lowest BCUT2D eigenvalue weighted by Gasteiger charge is -2.15. The van der Waals surface area contributed by atoms with Crippen molar-refractivity contribution < 1.29 is 4.79 Å². The van der Waals surface area contributed by atoms with Gasteiger partial charge in [-0.25, -0.2) is 0 Å². The molecule has 1 amide bonds. The monoisotopic (exact) mass is 255 g/mol. The summed E-state index contributed by atoms with van der Waals surface area (Å²) < 4.78 is 0. The molecule has 2 rings (SSSR count). The van der Waals surface area contributed by atoms with Crippen LogP contribution in [0.1, 0.15) is 28.9 Å². The zero-order valence-electron chi connectivity index (χ0n) is 11.1. The van der Waals surface area contributed by atoms with Gasteiger partial charge in [-0.1, -0.05) is 30.3 Å². The summed E-state index contributed by atoms with van der Waals surface area (Å²) >= 11 is 0. The van der Waals surface area contributed by atoms with E-state index in [2.05, 4.69) is 15.6 Å². The van der Waals surface area contributed by atoms with Crippen LogP contribution in [0.3, 0.4) is 0 Å². The second-order valence-electron chi connectivity index (χ2n) is 4.28. The molecule has 0 spiro atoms. The molecule has 0 aliphatic heterocycles. The van der Waals surface area contributed by atoms with Gasteiger partial charge < -0.3 is 10.6 Å². The number of amides is 1. The Hall–Kier alpha value is -2.36. The third-order valence-corrected chi connectivity index (χ3v) is 2.98. The third-order valence-electron chi connectivity index (χ3n) is 2.98. The van der Waals surface area contributed by atoms with Gasteiger partial charge >= 0.3 is 0 Å². The van der Waals surface area contributed by atoms with E-state index in [1.165, 1.54) is 0 Å². The predicted octanol–water partition coefficient (Wildman–Crippen LogP) is 2.61. The molecule has 2 aromatic rings. The molecule has 0 bridgehead atoms. The van der Waals surface area contributed by atoms with Crippen molar-refractivity contribution in [2.75, 3.05) is 12.4 Å². The van der Waals surface area contributed by atoms with Crippen molar-refractivity contribution in [2.45, 2.75) is 13.0 Å². The van der Waals surface area contributed by atoms with E-state index in [1.807, 2.05) is 37.3 Å². The van der Waals surface area contributed by atoms with Crippen LogP contribution >= 0.6 is 0 Å². The number of aromatic nitrogens is 1. The second kappa shape index (κ2) is 6.00. The number of anilines is 1. The quantitative estimate of drug-likeness (QED) is 0.883. The van der Waals surface area contributed by atoms with E-state index >= 15 is 0 Å². The molecule has 4 nitrogen and oxygen atoms in total. The van der Waals surface area contributed by atoms with Gasteiger partial charge in [-0.05, 0) is 18.6 Å². The first kappa shape index (κ1) is 13.1. The summed E-state index contributed by atoms with van der Waals surface area (Å²) in [4.78, 5) is 16.2. The van der Waals surface area contributed by atoms with Crippen LogP contribution in [0.5, 0.6) is 0 Å². The van der Waals surface area contributed by atoms with E-state index < -0.39 is 0 Å². The second-order valence-corrected chi connectivity index (χ2v) is 4.28. The highest BCUT2D eigenvalue weighted by Gasteiger charge is 2.14. The maximum absolute atomic E-state index is 12.2. The average molecular weight is 255 g/mol. The molecule has 1 atom stereocenters. The molecule has 0 radical (unpaired) electrons. The molecular weight excluding hydrogens is 238 g/mol. The molecule has 0 aliphatic rings. The Morgan fingerprint density at radius 1 is 1.21 bits per heavy atom. The number of nitrogens with one attached hydrogen (secondary N) is 2. The van der Waals surface area contributed by atoms with Crippen LogP contribution in [-0.4, -0.2) is 17.9 Å². The lowest BCUT2D eigenvalue weighted by atomic mass is 10.1. The summed E-state index contributed by atoms with van der Waals surface area (Å²) in [5.74, 6) is -0.131. The minimum atomic E-state index is -0.131. The highest BCUT2D eigenvalue weighted by Crippen LogP contribution is 2.16. The van der Waals surface area contributed by atoms with Crippen molar-refractivity contribution in [3.05, 3.63) is 59.9 Å². The summed E-state index contributed by atoms with van der Waals surface area (Å²) in [7, 11) is 1.78. The van der Waals surface area contributed by atoms with Crippen molar-refractivity contribution in [3.8, 4) is 0 Å². The number of benzene rings is 1. The van der Waals surface area contributed by atoms with Gasteiger partial charge in [-0.2, -0.15) is 0 Å². The number of rotatable bonds is 4. The van der Waals surface area contributed by atoms with Crippen LogP contribution in [0.15, 0.2) is 48.8 Å². The maximum atomic E-state index is 12.2. The van der Waals surface area contributed by atoms with E-state index in [1.54, 1.807) is 25.5 Å². The largest absolute Gasteiger partial charge is 0.387 e. The van der Waals surface area contributed by atoms with Gasteiger partial charge in [0.15, 0.2) is 0 Å². The van der Waals surface area contributed by atoms with Crippen LogP contribution in [0.25, 0.3) is 0 Å². The lowest BCUT2D eigenvalue weighted by Crippen LogP contribution is -2.27. The van der Waals surface area contributed by atoms with Crippen molar-refractivity contribution in [1.82, 2.24) is 10.3 Å². The number of hydrogen-bond acceptors (Lipinski definition) is 3. The van der Waals surface area contributed by atoms with Gasteiger partial charge in [0.1, 0.15) is 0 Å². The molecule has 4 heteroatoms. The molecule has 0 saturated carbocycles. The number of carbonyl (C=O) groups excluding carboxylic acids is 1. The SMILES string of the molecule is CNc1ccncc1C(=O)NC(C)c1ccccc1. The molecular formula is C15H17N3O. The fourth-order valence-corrected chi connectivity index (χ4v) is 1.89. The van der Waals surface area contributed by atoms with Gasteiger partial charge in [0.25, 0.3) is 5.91 Å². The first-order chi connectivity index (χ1) is 9.22. The summed E-state index contributed by atoms with van der Waals surface area (Å²) in [6, 6.07) is 11.6. The van der Waals surface area contributed by atoms with E-state index in [4.69, 9.17) is 0 Å². The summed E-state index contributed by atoms with van der Waals surface area (Å²) in [5.41, 5.74) is 2.39. The topological polar surface area (TPSA) is 54.0 Å². The molecule has 0 fully saturated rings. The molecule has 19 heavy (non-hydrogen) atoms. The molecule has 98 valence electrons. The molecule has 0 aliphatic carbocycles. The fraction of sp³-hybridized carbons (Fsp3) is 0.200. The Balaban J connectivity index is 2.13. The van der Waals surface area contributed by atoms with Crippen LogP contribution in [-0.2, 0) is 0 Å². The predicted molar refractivity (Wildman–Crippen MR) is 76.1 cm³/mol. The standard InChI is InChI=1S/C15H17N3O/c1-11(12-6-4-3-5-7-12)18-15(19)13-10-17-9-8-14(13)16-2/h3-11H,1-2H3,(H,16,17)(H,18,19). The number of hydrogen-bond donors (Lipinski definition) is 2. The van der Waals surface area contributed by atoms with E-state index in [9.17, 15) is 4.79 Å². The minimum absolute atomic E-state index is 0.0430. The van der Waals surface area contributed by atoms with Crippen molar-refractivity contribution >= 4 is 11.6 Å². The summed E-state index contributed by atoms with van der Waals surface area (Å²) in [6.45, 7) is 1.96. The zero-order valence-corrected chi connectivity index (χ0v) is 11.1. The zero-order chi connectivity index (χ0) is 13.7. The van der Waals surface area contributed by atoms with Crippen molar-refractivity contribution in [3.63, 3.8) is 0 Å². The lowest BCUT2D eigenvalue weighted by molar-refractivity contribution is 0.0940. The molecule has 1 aromatic carbocycles. The van der Waals surface area contributed by atoms with E-state index in [-0.39, 0.29) is 11.9 Å². The average Bonchev–Trinajstić information content (AvgIpc) is 2.48. The van der Waals surface area contributed by atoms with Gasteiger partial charge in [0.05, 0.1) is 11.6 Å². The Morgan fingerprint density at radius 3 is 2.63 bits per heavy atom. The first-order valence-electron chi connectivity index (χ1n) is 6.20. The molecule has 0 saturated heterocycles. The third kappa shape index (κ3) is 3.10. The van der Waals surface area contributed by atoms with E-state index in [0.29, 0.717) is 5.56 Å². The minimum Gasteiger partial charge on any atom is -0.387 e. The highest BCUT2D eigenvalue weighted by atomic mass is 16.1. The van der Waals surface area contributed by atoms with Gasteiger partial charge in [-0.3, -0.25) is 9.78 Å². The van der Waals surface area contributed by atoms with Crippen LogP contribution in [0, 0.1) is 0 Å². The first-order valence-corrected chi connectivity index (χ1v) is 6.20. The molecule has 2 N–H and O–H groups in total. The van der Waals surface area contributed by atoms with Crippen molar-refractivity contribution in [1.29, 1.82) is 0 Å². The smallest absolute Gasteiger partial charge is 0.255 e. The fourth-order valence-electron chi connectivity index (χ4n) is 1.89. The number of pyridine rings is 1. The molecule has 1 heterocycles. The summed E-state index contributed by atoms with van der Waals surface area (Å²) in [5, 5.41) is 5.96. The molecule has 1 unspecified atom stereocenters. The van der Waals surface area contributed by atoms with Gasteiger partial charge in [0.2, 0.25) is 0 Å². The summed E-state index contributed by atoms with van der Waals surface area (Å²) in [6.07, 6.45) is 3.22. The number of nitrogens with zero attached hydrogens (tertiary/aromatic N) is 1. The highest BCUT2D eigenvalue weighted by molar-refractivity contribution is 5.99. The van der Waals surface area contributed by atoms with Crippen LogP contribution in [0.2, 0.25) is 0 Å². The van der Waals surface area contributed by atoms with Gasteiger partial charge in [0, 0.05) is 25.1 Å². The molecule has 1 aromatic heterocycles. The van der Waals surface area contributed by atoms with E-state index in [0.717, 1.165) is 11.3 Å². The Labute approximate surface area is 112 Å². The van der Waals surface area contributed by atoms with Crippen molar-refractivity contribution in [2.24, 2.45) is 0 Å².